The fourth-order valence-corrected chi connectivity index (χ4v) is 2.28. The highest BCUT2D eigenvalue weighted by Crippen LogP contribution is 2.08. The summed E-state index contributed by atoms with van der Waals surface area (Å²) in [4.78, 5) is 25.2. The van der Waals surface area contributed by atoms with Gasteiger partial charge >= 0.3 is 0 Å². The molecule has 2 N–H and O–H groups in total. The van der Waals surface area contributed by atoms with Crippen molar-refractivity contribution in [3.8, 4) is 0 Å². The van der Waals surface area contributed by atoms with Crippen LogP contribution in [0.1, 0.15) is 17.3 Å². The van der Waals surface area contributed by atoms with Gasteiger partial charge in [-0.25, -0.2) is 0 Å². The van der Waals surface area contributed by atoms with Crippen molar-refractivity contribution in [3.63, 3.8) is 0 Å². The Labute approximate surface area is 130 Å². The highest BCUT2D eigenvalue weighted by atomic mass is 35.5. The summed E-state index contributed by atoms with van der Waals surface area (Å²) in [5.74, 6) is 0.678. The molecule has 1 rings (SSSR count). The van der Waals surface area contributed by atoms with Crippen LogP contribution in [0.2, 0.25) is 0 Å². The molecule has 0 aliphatic carbocycles. The monoisotopic (exact) mass is 316 g/mol. The zero-order chi connectivity index (χ0) is 14.3. The molecule has 0 saturated carbocycles. The van der Waals surface area contributed by atoms with E-state index < -0.39 is 0 Å². The third-order valence-electron chi connectivity index (χ3n) is 2.95. The number of carbonyl (C=O) groups is 2. The largest absolute Gasteiger partial charge is 0.341 e. The van der Waals surface area contributed by atoms with Crippen LogP contribution in [0.25, 0.3) is 0 Å². The molecule has 1 aromatic rings. The predicted octanol–water partition coefficient (Wildman–Crippen LogP) is 1.83. The zero-order valence-corrected chi connectivity index (χ0v) is 13.4. The van der Waals surface area contributed by atoms with Crippen LogP contribution in [0.3, 0.4) is 0 Å². The van der Waals surface area contributed by atoms with Gasteiger partial charge in [-0.2, -0.15) is 0 Å². The van der Waals surface area contributed by atoms with Crippen LogP contribution in [-0.2, 0) is 4.79 Å². The number of benzene rings is 1. The van der Waals surface area contributed by atoms with Crippen molar-refractivity contribution in [2.75, 3.05) is 25.1 Å². The maximum atomic E-state index is 11.8. The summed E-state index contributed by atoms with van der Waals surface area (Å²) in [7, 11) is 1.74. The lowest BCUT2D eigenvalue weighted by atomic mass is 10.2. The van der Waals surface area contributed by atoms with E-state index in [9.17, 15) is 9.59 Å². The third kappa shape index (κ3) is 5.94. The van der Waals surface area contributed by atoms with Crippen molar-refractivity contribution in [1.82, 2.24) is 4.90 Å². The number of ketones is 1. The Morgan fingerprint density at radius 2 is 1.85 bits per heavy atom. The van der Waals surface area contributed by atoms with Crippen LogP contribution < -0.4 is 5.73 Å². The number of carbonyl (C=O) groups excluding carboxylic acids is 2. The molecule has 4 nitrogen and oxygen atoms in total. The van der Waals surface area contributed by atoms with E-state index >= 15 is 0 Å². The first-order valence-corrected chi connectivity index (χ1v) is 7.33. The van der Waals surface area contributed by atoms with Crippen LogP contribution in [0.4, 0.5) is 0 Å². The van der Waals surface area contributed by atoms with E-state index in [0.717, 1.165) is 0 Å². The number of likely N-dealkylation sites (N-methyl/N-ethyl adjacent to an activating group) is 1. The molecule has 112 valence electrons. The Kier molecular flexibility index (Phi) is 9.29. The maximum Gasteiger partial charge on any atom is 0.232 e. The second-order valence-electron chi connectivity index (χ2n) is 4.37. The minimum Gasteiger partial charge on any atom is -0.341 e. The van der Waals surface area contributed by atoms with Gasteiger partial charge in [-0.05, 0) is 6.92 Å². The number of thioether (sulfide) groups is 1. The molecule has 20 heavy (non-hydrogen) atoms. The number of rotatable bonds is 7. The Balaban J connectivity index is 0.00000361. The highest BCUT2D eigenvalue weighted by Gasteiger charge is 2.15. The molecule has 1 atom stereocenters. The standard InChI is InChI=1S/C14H20N2O2S.ClH/c1-11(8-15)16(2)14(18)10-19-9-13(17)12-6-4-3-5-7-12;/h3-7,11H,8-10,15H2,1-2H3;1H. The Morgan fingerprint density at radius 1 is 1.25 bits per heavy atom. The Bertz CT molecular complexity index is 428. The second kappa shape index (κ2) is 9.80. The fraction of sp³-hybridized carbons (Fsp3) is 0.429. The van der Waals surface area contributed by atoms with E-state index in [1.165, 1.54) is 11.8 Å². The first-order chi connectivity index (χ1) is 9.06. The van der Waals surface area contributed by atoms with Crippen LogP contribution in [-0.4, -0.2) is 47.7 Å². The number of hydrogen-bond donors (Lipinski definition) is 1. The van der Waals surface area contributed by atoms with E-state index in [1.54, 1.807) is 24.1 Å². The molecule has 0 aromatic heterocycles. The Morgan fingerprint density at radius 3 is 2.40 bits per heavy atom. The van der Waals surface area contributed by atoms with Gasteiger partial charge in [0.15, 0.2) is 5.78 Å². The van der Waals surface area contributed by atoms with Gasteiger partial charge in [0, 0.05) is 25.2 Å². The molecular formula is C14H21ClN2O2S. The lowest BCUT2D eigenvalue weighted by molar-refractivity contribution is -0.128. The zero-order valence-electron chi connectivity index (χ0n) is 11.7. The molecule has 0 saturated heterocycles. The van der Waals surface area contributed by atoms with Crippen LogP contribution >= 0.6 is 24.2 Å². The van der Waals surface area contributed by atoms with Crippen LogP contribution in [0, 0.1) is 0 Å². The van der Waals surface area contributed by atoms with Gasteiger partial charge in [-0.3, -0.25) is 9.59 Å². The molecule has 1 unspecified atom stereocenters. The second-order valence-corrected chi connectivity index (χ2v) is 5.36. The molecular weight excluding hydrogens is 296 g/mol. The number of hydrogen-bond acceptors (Lipinski definition) is 4. The number of amides is 1. The molecule has 1 amide bonds. The van der Waals surface area contributed by atoms with Gasteiger partial charge in [0.1, 0.15) is 0 Å². The average Bonchev–Trinajstić information content (AvgIpc) is 2.46. The minimum absolute atomic E-state index is 0. The first kappa shape index (κ1) is 19.0. The van der Waals surface area contributed by atoms with Crippen molar-refractivity contribution < 1.29 is 9.59 Å². The number of nitrogens with two attached hydrogens (primary N) is 1. The highest BCUT2D eigenvalue weighted by molar-refractivity contribution is 8.00. The minimum atomic E-state index is 0. The maximum absolute atomic E-state index is 11.8. The summed E-state index contributed by atoms with van der Waals surface area (Å²) in [6, 6.07) is 9.13. The molecule has 1 aromatic carbocycles. The van der Waals surface area contributed by atoms with Crippen molar-refractivity contribution in [2.45, 2.75) is 13.0 Å². The quantitative estimate of drug-likeness (QED) is 0.780. The van der Waals surface area contributed by atoms with E-state index in [2.05, 4.69) is 0 Å². The number of nitrogens with zero attached hydrogens (tertiary/aromatic N) is 1. The van der Waals surface area contributed by atoms with Crippen molar-refractivity contribution in [2.24, 2.45) is 5.73 Å². The van der Waals surface area contributed by atoms with Crippen LogP contribution in [0.5, 0.6) is 0 Å². The van der Waals surface area contributed by atoms with E-state index in [4.69, 9.17) is 5.73 Å². The summed E-state index contributed by atoms with van der Waals surface area (Å²) >= 11 is 1.34. The number of halogens is 1. The number of Topliss-reactive ketones (excluding diaryl/α,β-unsaturated/α-hetero) is 1. The molecule has 0 heterocycles. The van der Waals surface area contributed by atoms with Crippen LogP contribution in [0.15, 0.2) is 30.3 Å². The smallest absolute Gasteiger partial charge is 0.232 e. The lowest BCUT2D eigenvalue weighted by Gasteiger charge is -2.23. The SMILES string of the molecule is CC(CN)N(C)C(=O)CSCC(=O)c1ccccc1.Cl. The normalized spacial score (nSPS) is 11.3. The first-order valence-electron chi connectivity index (χ1n) is 6.18. The molecule has 0 aliphatic heterocycles. The van der Waals surface area contributed by atoms with Crippen molar-refractivity contribution in [3.05, 3.63) is 35.9 Å². The summed E-state index contributed by atoms with van der Waals surface area (Å²) in [6.07, 6.45) is 0. The summed E-state index contributed by atoms with van der Waals surface area (Å²) in [5, 5.41) is 0. The Hall–Kier alpha value is -1.04. The van der Waals surface area contributed by atoms with Crippen molar-refractivity contribution in [1.29, 1.82) is 0 Å². The third-order valence-corrected chi connectivity index (χ3v) is 3.87. The van der Waals surface area contributed by atoms with E-state index in [0.29, 0.717) is 23.6 Å². The van der Waals surface area contributed by atoms with Gasteiger partial charge in [-0.1, -0.05) is 30.3 Å². The van der Waals surface area contributed by atoms with Gasteiger partial charge in [0.2, 0.25) is 5.91 Å². The van der Waals surface area contributed by atoms with Gasteiger partial charge in [0.25, 0.3) is 0 Å². The molecule has 6 heteroatoms. The van der Waals surface area contributed by atoms with E-state index in [1.807, 2.05) is 25.1 Å². The molecule has 0 fully saturated rings. The fourth-order valence-electron chi connectivity index (χ4n) is 1.44. The summed E-state index contributed by atoms with van der Waals surface area (Å²) in [5.41, 5.74) is 6.20. The predicted molar refractivity (Wildman–Crippen MR) is 86.6 cm³/mol. The van der Waals surface area contributed by atoms with Crippen molar-refractivity contribution >= 4 is 35.9 Å². The average molecular weight is 317 g/mol. The summed E-state index contributed by atoms with van der Waals surface area (Å²) < 4.78 is 0. The lowest BCUT2D eigenvalue weighted by Crippen LogP contribution is -2.40. The molecule has 0 bridgehead atoms. The molecule has 0 spiro atoms. The molecule has 0 radical (unpaired) electrons. The van der Waals surface area contributed by atoms with Gasteiger partial charge in [0.05, 0.1) is 11.5 Å². The summed E-state index contributed by atoms with van der Waals surface area (Å²) in [6.45, 7) is 2.34. The van der Waals surface area contributed by atoms with Gasteiger partial charge < -0.3 is 10.6 Å². The van der Waals surface area contributed by atoms with E-state index in [-0.39, 0.29) is 30.1 Å². The van der Waals surface area contributed by atoms with Gasteiger partial charge in [-0.15, -0.1) is 24.2 Å². The molecule has 0 aliphatic rings. The topological polar surface area (TPSA) is 63.4 Å².